The summed E-state index contributed by atoms with van der Waals surface area (Å²) in [6.45, 7) is 9.71. The van der Waals surface area contributed by atoms with Crippen molar-refractivity contribution in [3.05, 3.63) is 59.9 Å². The van der Waals surface area contributed by atoms with Gasteiger partial charge in [0.05, 0.1) is 19.5 Å². The predicted octanol–water partition coefficient (Wildman–Crippen LogP) is 5.95. The molecule has 0 unspecified atom stereocenters. The zero-order valence-corrected chi connectivity index (χ0v) is 21.4. The van der Waals surface area contributed by atoms with Crippen LogP contribution in [0.25, 0.3) is 27.7 Å². The van der Waals surface area contributed by atoms with E-state index in [1.54, 1.807) is 24.2 Å². The molecular formula is C29H34N2O5. The molecule has 0 spiro atoms. The van der Waals surface area contributed by atoms with Gasteiger partial charge in [0.25, 0.3) is 0 Å². The molecule has 7 nitrogen and oxygen atoms in total. The van der Waals surface area contributed by atoms with Gasteiger partial charge in [-0.3, -0.25) is 4.79 Å². The van der Waals surface area contributed by atoms with E-state index in [1.165, 1.54) is 5.56 Å². The van der Waals surface area contributed by atoms with Crippen molar-refractivity contribution in [1.82, 2.24) is 10.2 Å². The van der Waals surface area contributed by atoms with E-state index in [1.807, 2.05) is 26.0 Å². The highest BCUT2D eigenvalue weighted by Gasteiger charge is 2.24. The zero-order valence-electron chi connectivity index (χ0n) is 21.4. The minimum Gasteiger partial charge on any atom is -0.493 e. The van der Waals surface area contributed by atoms with Gasteiger partial charge in [0, 0.05) is 47.8 Å². The van der Waals surface area contributed by atoms with E-state index in [2.05, 4.69) is 36.5 Å². The van der Waals surface area contributed by atoms with Crippen LogP contribution in [0, 0.1) is 6.92 Å². The maximum Gasteiger partial charge on any atom is 0.409 e. The average molecular weight is 491 g/mol. The van der Waals surface area contributed by atoms with Crippen LogP contribution < -0.4 is 10.1 Å². The summed E-state index contributed by atoms with van der Waals surface area (Å²) in [5.41, 5.74) is 5.66. The first-order valence-corrected chi connectivity index (χ1v) is 12.6. The SMILES string of the molecule is CCOC(=O)N1CCC(NC(=O)/C=C(\C)c2cc3c(-c4ccc(C)cc4)coc3cc2OCC)CC1. The van der Waals surface area contributed by atoms with Gasteiger partial charge in [-0.1, -0.05) is 29.8 Å². The molecule has 2 amide bonds. The van der Waals surface area contributed by atoms with Gasteiger partial charge in [-0.25, -0.2) is 4.79 Å². The molecule has 2 heterocycles. The molecule has 1 N–H and O–H groups in total. The standard InChI is InChI=1S/C29H34N2O5/c1-5-34-26-17-27-24(25(18-36-27)21-9-7-19(3)8-10-21)16-23(26)20(4)15-28(32)30-22-11-13-31(14-12-22)29(33)35-6-2/h7-10,15-18,22H,5-6,11-14H2,1-4H3,(H,30,32)/b20-15+. The Labute approximate surface area is 212 Å². The fraction of sp³-hybridized carbons (Fsp3) is 0.379. The molecule has 1 saturated heterocycles. The summed E-state index contributed by atoms with van der Waals surface area (Å²) in [6, 6.07) is 12.3. The van der Waals surface area contributed by atoms with Crippen LogP contribution in [-0.4, -0.2) is 49.2 Å². The number of hydrogen-bond acceptors (Lipinski definition) is 5. The van der Waals surface area contributed by atoms with E-state index in [-0.39, 0.29) is 18.0 Å². The van der Waals surface area contributed by atoms with Crippen LogP contribution in [0.3, 0.4) is 0 Å². The van der Waals surface area contributed by atoms with Crippen LogP contribution in [0.4, 0.5) is 4.79 Å². The maximum absolute atomic E-state index is 12.9. The molecule has 1 aliphatic heterocycles. The van der Waals surface area contributed by atoms with Crippen molar-refractivity contribution in [1.29, 1.82) is 0 Å². The third-order valence-electron chi connectivity index (χ3n) is 6.48. The number of rotatable bonds is 7. The Hall–Kier alpha value is -3.74. The molecule has 1 aromatic heterocycles. The second kappa shape index (κ2) is 11.3. The fourth-order valence-electron chi connectivity index (χ4n) is 4.53. The molecule has 3 aromatic rings. The lowest BCUT2D eigenvalue weighted by atomic mass is 9.98. The lowest BCUT2D eigenvalue weighted by molar-refractivity contribution is -0.117. The molecule has 7 heteroatoms. The van der Waals surface area contributed by atoms with E-state index >= 15 is 0 Å². The Kier molecular flexibility index (Phi) is 7.98. The van der Waals surface area contributed by atoms with Crippen LogP contribution in [0.1, 0.15) is 44.7 Å². The smallest absolute Gasteiger partial charge is 0.409 e. The number of piperidine rings is 1. The number of amides is 2. The molecule has 0 aliphatic carbocycles. The van der Waals surface area contributed by atoms with Gasteiger partial charge in [-0.15, -0.1) is 0 Å². The summed E-state index contributed by atoms with van der Waals surface area (Å²) in [6.07, 6.45) is 4.49. The first-order valence-electron chi connectivity index (χ1n) is 12.6. The Morgan fingerprint density at radius 1 is 1.11 bits per heavy atom. The molecule has 0 atom stereocenters. The van der Waals surface area contributed by atoms with Crippen LogP contribution in [0.5, 0.6) is 5.75 Å². The summed E-state index contributed by atoms with van der Waals surface area (Å²) in [7, 11) is 0. The first kappa shape index (κ1) is 25.4. The molecule has 1 aliphatic rings. The highest BCUT2D eigenvalue weighted by Crippen LogP contribution is 2.37. The Balaban J connectivity index is 1.53. The van der Waals surface area contributed by atoms with Crippen molar-refractivity contribution in [2.45, 2.75) is 46.6 Å². The number of nitrogens with one attached hydrogen (secondary N) is 1. The normalized spacial score (nSPS) is 14.7. The molecule has 0 bridgehead atoms. The monoisotopic (exact) mass is 490 g/mol. The quantitative estimate of drug-likeness (QED) is 0.414. The van der Waals surface area contributed by atoms with Crippen molar-refractivity contribution in [3.8, 4) is 16.9 Å². The first-order chi connectivity index (χ1) is 17.4. The minimum absolute atomic E-state index is 0.0167. The second-order valence-electron chi connectivity index (χ2n) is 9.09. The van der Waals surface area contributed by atoms with E-state index in [0.717, 1.165) is 33.2 Å². The van der Waals surface area contributed by atoms with Crippen LogP contribution in [0.15, 0.2) is 53.2 Å². The number of hydrogen-bond donors (Lipinski definition) is 1. The van der Waals surface area contributed by atoms with Gasteiger partial charge < -0.3 is 24.1 Å². The summed E-state index contributed by atoms with van der Waals surface area (Å²) < 4.78 is 16.8. The van der Waals surface area contributed by atoms with Crippen molar-refractivity contribution in [3.63, 3.8) is 0 Å². The molecule has 4 rings (SSSR count). The van der Waals surface area contributed by atoms with Crippen LogP contribution in [0.2, 0.25) is 0 Å². The highest BCUT2D eigenvalue weighted by atomic mass is 16.6. The van der Waals surface area contributed by atoms with E-state index in [9.17, 15) is 9.59 Å². The number of benzene rings is 2. The van der Waals surface area contributed by atoms with E-state index in [4.69, 9.17) is 13.9 Å². The fourth-order valence-corrected chi connectivity index (χ4v) is 4.53. The third kappa shape index (κ3) is 5.73. The minimum atomic E-state index is -0.291. The van der Waals surface area contributed by atoms with Gasteiger partial charge in [0.2, 0.25) is 5.91 Å². The van der Waals surface area contributed by atoms with Crippen LogP contribution in [-0.2, 0) is 9.53 Å². The number of fused-ring (bicyclic) bond motifs is 1. The van der Waals surface area contributed by atoms with Gasteiger partial charge in [-0.2, -0.15) is 0 Å². The molecule has 190 valence electrons. The number of likely N-dealkylation sites (tertiary alicyclic amines) is 1. The number of carbonyl (C=O) groups excluding carboxylic acids is 2. The Bertz CT molecular complexity index is 1250. The highest BCUT2D eigenvalue weighted by molar-refractivity contribution is 6.00. The van der Waals surface area contributed by atoms with Gasteiger partial charge in [0.1, 0.15) is 11.3 Å². The number of aryl methyl sites for hydroxylation is 1. The van der Waals surface area contributed by atoms with E-state index in [0.29, 0.717) is 44.9 Å². The van der Waals surface area contributed by atoms with Crippen molar-refractivity contribution in [2.24, 2.45) is 0 Å². The number of allylic oxidation sites excluding steroid dienone is 1. The summed E-state index contributed by atoms with van der Waals surface area (Å²) >= 11 is 0. The molecule has 2 aromatic carbocycles. The number of carbonyl (C=O) groups is 2. The van der Waals surface area contributed by atoms with Gasteiger partial charge in [-0.05, 0) is 57.7 Å². The Morgan fingerprint density at radius 3 is 2.50 bits per heavy atom. The predicted molar refractivity (Wildman–Crippen MR) is 141 cm³/mol. The van der Waals surface area contributed by atoms with Gasteiger partial charge in [0.15, 0.2) is 0 Å². The third-order valence-corrected chi connectivity index (χ3v) is 6.48. The van der Waals surface area contributed by atoms with E-state index < -0.39 is 0 Å². The summed E-state index contributed by atoms with van der Waals surface area (Å²) in [4.78, 5) is 26.5. The summed E-state index contributed by atoms with van der Waals surface area (Å²) in [5.74, 6) is 0.523. The Morgan fingerprint density at radius 2 is 1.83 bits per heavy atom. The molecule has 0 saturated carbocycles. The van der Waals surface area contributed by atoms with Gasteiger partial charge >= 0.3 is 6.09 Å². The van der Waals surface area contributed by atoms with Crippen molar-refractivity contribution in [2.75, 3.05) is 26.3 Å². The molecular weight excluding hydrogens is 456 g/mol. The lowest BCUT2D eigenvalue weighted by Gasteiger charge is -2.31. The summed E-state index contributed by atoms with van der Waals surface area (Å²) in [5, 5.41) is 4.05. The number of ether oxygens (including phenoxy) is 2. The molecule has 1 fully saturated rings. The topological polar surface area (TPSA) is 81.0 Å². The molecule has 0 radical (unpaired) electrons. The second-order valence-corrected chi connectivity index (χ2v) is 9.09. The van der Waals surface area contributed by atoms with Crippen LogP contribution >= 0.6 is 0 Å². The van der Waals surface area contributed by atoms with Crippen molar-refractivity contribution < 1.29 is 23.5 Å². The number of furan rings is 1. The maximum atomic E-state index is 12.9. The lowest BCUT2D eigenvalue weighted by Crippen LogP contribution is -2.46. The largest absolute Gasteiger partial charge is 0.493 e. The number of nitrogens with zero attached hydrogens (tertiary/aromatic N) is 1. The zero-order chi connectivity index (χ0) is 25.7. The molecule has 36 heavy (non-hydrogen) atoms. The van der Waals surface area contributed by atoms with Crippen molar-refractivity contribution >= 4 is 28.5 Å². The average Bonchev–Trinajstić information content (AvgIpc) is 3.27.